The van der Waals surface area contributed by atoms with E-state index in [1.165, 1.54) is 12.1 Å². The van der Waals surface area contributed by atoms with Crippen molar-refractivity contribution in [2.75, 3.05) is 25.2 Å². The molecule has 1 heterocycles. The van der Waals surface area contributed by atoms with Crippen LogP contribution >= 0.6 is 0 Å². The predicted octanol–water partition coefficient (Wildman–Crippen LogP) is 2.07. The van der Waals surface area contributed by atoms with E-state index >= 15 is 0 Å². The van der Waals surface area contributed by atoms with Crippen molar-refractivity contribution in [1.82, 2.24) is 0 Å². The lowest BCUT2D eigenvalue weighted by Gasteiger charge is -2.28. The van der Waals surface area contributed by atoms with Crippen LogP contribution in [0.5, 0.6) is 0 Å². The minimum Gasteiger partial charge on any atom is -0.379 e. The predicted molar refractivity (Wildman–Crippen MR) is 66.6 cm³/mol. The van der Waals surface area contributed by atoms with Crippen molar-refractivity contribution in [3.05, 3.63) is 29.6 Å². The fraction of sp³-hybridized carbons (Fsp3) is 0.538. The van der Waals surface area contributed by atoms with Crippen molar-refractivity contribution in [3.63, 3.8) is 0 Å². The summed E-state index contributed by atoms with van der Waals surface area (Å²) in [6.07, 6.45) is 1.01. The van der Waals surface area contributed by atoms with E-state index in [0.717, 1.165) is 30.9 Å². The van der Waals surface area contributed by atoms with Gasteiger partial charge < -0.3 is 15.4 Å². The molecule has 0 aliphatic carbocycles. The highest BCUT2D eigenvalue weighted by molar-refractivity contribution is 5.55. The number of benzene rings is 1. The van der Waals surface area contributed by atoms with Gasteiger partial charge in [0.15, 0.2) is 0 Å². The Labute approximate surface area is 101 Å². The van der Waals surface area contributed by atoms with E-state index < -0.39 is 0 Å². The molecule has 2 atom stereocenters. The summed E-state index contributed by atoms with van der Waals surface area (Å²) < 4.78 is 18.6. The van der Waals surface area contributed by atoms with Crippen LogP contribution in [-0.2, 0) is 4.74 Å². The minimum absolute atomic E-state index is 0.175. The van der Waals surface area contributed by atoms with Gasteiger partial charge in [0.25, 0.3) is 0 Å². The lowest BCUT2D eigenvalue weighted by Crippen LogP contribution is -2.33. The largest absolute Gasteiger partial charge is 0.379 e. The van der Waals surface area contributed by atoms with E-state index in [2.05, 4.69) is 4.90 Å². The van der Waals surface area contributed by atoms with Gasteiger partial charge in [-0.05, 0) is 37.1 Å². The first-order valence-electron chi connectivity index (χ1n) is 5.95. The van der Waals surface area contributed by atoms with Gasteiger partial charge in [-0.15, -0.1) is 0 Å². The molecule has 2 rings (SSSR count). The number of anilines is 1. The zero-order valence-electron chi connectivity index (χ0n) is 10.3. The number of hydrogen-bond acceptors (Lipinski definition) is 3. The van der Waals surface area contributed by atoms with Crippen molar-refractivity contribution < 1.29 is 9.13 Å². The Hall–Kier alpha value is -1.13. The van der Waals surface area contributed by atoms with Crippen LogP contribution in [0.3, 0.4) is 0 Å². The molecule has 1 aliphatic heterocycles. The van der Waals surface area contributed by atoms with Crippen LogP contribution in [0.1, 0.15) is 24.9 Å². The van der Waals surface area contributed by atoms with Crippen molar-refractivity contribution >= 4 is 5.69 Å². The molecule has 94 valence electrons. The molecule has 1 unspecified atom stereocenters. The third-order valence-electron chi connectivity index (χ3n) is 3.31. The average molecular weight is 238 g/mol. The van der Waals surface area contributed by atoms with Gasteiger partial charge in [-0.3, -0.25) is 0 Å². The zero-order chi connectivity index (χ0) is 12.4. The third-order valence-corrected chi connectivity index (χ3v) is 3.31. The lowest BCUT2D eigenvalue weighted by molar-refractivity contribution is 0.193. The maximum Gasteiger partial charge on any atom is 0.123 e. The van der Waals surface area contributed by atoms with Gasteiger partial charge in [0.1, 0.15) is 5.82 Å². The van der Waals surface area contributed by atoms with Crippen molar-refractivity contribution in [1.29, 1.82) is 0 Å². The quantitative estimate of drug-likeness (QED) is 0.876. The van der Waals surface area contributed by atoms with Gasteiger partial charge >= 0.3 is 0 Å². The van der Waals surface area contributed by atoms with Crippen molar-refractivity contribution in [2.24, 2.45) is 5.73 Å². The minimum atomic E-state index is -0.239. The molecule has 17 heavy (non-hydrogen) atoms. The van der Waals surface area contributed by atoms with Gasteiger partial charge in [-0.2, -0.15) is 0 Å². The summed E-state index contributed by atoms with van der Waals surface area (Å²) in [5, 5.41) is 0. The summed E-state index contributed by atoms with van der Waals surface area (Å²) in [4.78, 5) is 2.14. The van der Waals surface area contributed by atoms with Gasteiger partial charge in [0.05, 0.1) is 12.6 Å². The Bertz CT molecular complexity index is 389. The second-order valence-electron chi connectivity index (χ2n) is 4.62. The Kier molecular flexibility index (Phi) is 3.64. The lowest BCUT2D eigenvalue weighted by atomic mass is 10.0. The van der Waals surface area contributed by atoms with E-state index in [1.807, 2.05) is 14.0 Å². The summed E-state index contributed by atoms with van der Waals surface area (Å²) in [5.74, 6) is -0.239. The molecule has 0 radical (unpaired) electrons. The van der Waals surface area contributed by atoms with E-state index in [0.29, 0.717) is 6.04 Å². The molecule has 0 saturated carbocycles. The van der Waals surface area contributed by atoms with Gasteiger partial charge in [-0.25, -0.2) is 4.39 Å². The summed E-state index contributed by atoms with van der Waals surface area (Å²) in [6, 6.07) is 4.98. The first kappa shape index (κ1) is 12.3. The molecule has 0 aromatic heterocycles. The number of likely N-dealkylation sites (N-methyl/N-ethyl adjacent to an activating group) is 1. The fourth-order valence-electron chi connectivity index (χ4n) is 2.24. The van der Waals surface area contributed by atoms with Crippen molar-refractivity contribution in [3.8, 4) is 0 Å². The summed E-state index contributed by atoms with van der Waals surface area (Å²) >= 11 is 0. The Morgan fingerprint density at radius 3 is 2.88 bits per heavy atom. The standard InChI is InChI=1S/C13H19FN2O/c1-9(15)12-7-10(14)3-4-13(12)16(2)11-5-6-17-8-11/h3-4,7,9,11H,5-6,8,15H2,1-2H3/t9-,11?/m1/s1. The molecule has 1 fully saturated rings. The van der Waals surface area contributed by atoms with Gasteiger partial charge in [0.2, 0.25) is 0 Å². The highest BCUT2D eigenvalue weighted by atomic mass is 19.1. The molecule has 4 heteroatoms. The van der Waals surface area contributed by atoms with Crippen LogP contribution in [0.4, 0.5) is 10.1 Å². The van der Waals surface area contributed by atoms with Crippen LogP contribution in [0, 0.1) is 5.82 Å². The monoisotopic (exact) mass is 238 g/mol. The molecule has 1 aromatic rings. The summed E-state index contributed by atoms with van der Waals surface area (Å²) in [5.41, 5.74) is 7.74. The molecule has 1 aromatic carbocycles. The molecule has 1 saturated heterocycles. The van der Waals surface area contributed by atoms with Crippen LogP contribution in [0.2, 0.25) is 0 Å². The van der Waals surface area contributed by atoms with E-state index in [-0.39, 0.29) is 11.9 Å². The zero-order valence-corrected chi connectivity index (χ0v) is 10.3. The van der Waals surface area contributed by atoms with Crippen LogP contribution in [-0.4, -0.2) is 26.3 Å². The normalized spacial score (nSPS) is 21.5. The SMILES string of the molecule is C[C@@H](N)c1cc(F)ccc1N(C)C1CCOC1. The highest BCUT2D eigenvalue weighted by Crippen LogP contribution is 2.28. The highest BCUT2D eigenvalue weighted by Gasteiger charge is 2.23. The first-order chi connectivity index (χ1) is 8.09. The maximum atomic E-state index is 13.2. The Morgan fingerprint density at radius 2 is 2.29 bits per heavy atom. The first-order valence-corrected chi connectivity index (χ1v) is 5.95. The average Bonchev–Trinajstić information content (AvgIpc) is 2.81. The van der Waals surface area contributed by atoms with Crippen LogP contribution < -0.4 is 10.6 Å². The summed E-state index contributed by atoms with van der Waals surface area (Å²) in [7, 11) is 2.01. The molecular weight excluding hydrogens is 219 g/mol. The van der Waals surface area contributed by atoms with Crippen LogP contribution in [0.25, 0.3) is 0 Å². The number of hydrogen-bond donors (Lipinski definition) is 1. The van der Waals surface area contributed by atoms with E-state index in [1.54, 1.807) is 6.07 Å². The topological polar surface area (TPSA) is 38.5 Å². The van der Waals surface area contributed by atoms with E-state index in [9.17, 15) is 4.39 Å². The smallest absolute Gasteiger partial charge is 0.123 e. The second-order valence-corrected chi connectivity index (χ2v) is 4.62. The van der Waals surface area contributed by atoms with Crippen LogP contribution in [0.15, 0.2) is 18.2 Å². The summed E-state index contributed by atoms with van der Waals surface area (Å²) in [6.45, 7) is 3.40. The molecular formula is C13H19FN2O. The number of rotatable bonds is 3. The third kappa shape index (κ3) is 2.58. The molecule has 2 N–H and O–H groups in total. The maximum absolute atomic E-state index is 13.2. The Morgan fingerprint density at radius 1 is 1.53 bits per heavy atom. The number of nitrogens with two attached hydrogens (primary N) is 1. The van der Waals surface area contributed by atoms with Crippen molar-refractivity contribution in [2.45, 2.75) is 25.4 Å². The molecule has 0 spiro atoms. The molecule has 1 aliphatic rings. The molecule has 0 amide bonds. The van der Waals surface area contributed by atoms with Gasteiger partial charge in [-0.1, -0.05) is 0 Å². The number of ether oxygens (including phenoxy) is 1. The number of halogens is 1. The Balaban J connectivity index is 2.29. The van der Waals surface area contributed by atoms with E-state index in [4.69, 9.17) is 10.5 Å². The fourth-order valence-corrected chi connectivity index (χ4v) is 2.24. The number of nitrogens with zero attached hydrogens (tertiary/aromatic N) is 1. The second kappa shape index (κ2) is 5.02. The molecule has 3 nitrogen and oxygen atoms in total. The van der Waals surface area contributed by atoms with Gasteiger partial charge in [0, 0.05) is 25.4 Å². The molecule has 0 bridgehead atoms.